The van der Waals surface area contributed by atoms with Crippen LogP contribution in [0.4, 0.5) is 0 Å². The first-order valence-electron chi connectivity index (χ1n) is 17.9. The van der Waals surface area contributed by atoms with Crippen molar-refractivity contribution in [2.75, 3.05) is 0 Å². The molecule has 0 unspecified atom stereocenters. The van der Waals surface area contributed by atoms with E-state index in [2.05, 4.69) is 175 Å². The molecule has 7 aromatic carbocycles. The molecule has 0 aliphatic heterocycles. The van der Waals surface area contributed by atoms with E-state index in [0.717, 1.165) is 45.3 Å². The van der Waals surface area contributed by atoms with E-state index in [1.807, 2.05) is 36.7 Å². The number of nitrogens with zero attached hydrogens (tertiary/aromatic N) is 8. The van der Waals surface area contributed by atoms with Crippen LogP contribution in [-0.4, -0.2) is 39.1 Å². The maximum atomic E-state index is 4.50. The largest absolute Gasteiger partial charge is 0.309 e. The maximum absolute atomic E-state index is 4.50. The summed E-state index contributed by atoms with van der Waals surface area (Å²) in [6, 6.07) is 59.3. The molecule has 0 atom stereocenters. The minimum absolute atomic E-state index is 0.804. The molecule has 0 radical (unpaired) electrons. The van der Waals surface area contributed by atoms with Crippen LogP contribution in [0.25, 0.3) is 88.9 Å². The maximum Gasteiger partial charge on any atom is 0.113 e. The fraction of sp³-hybridized carbons (Fsp3) is 0. The van der Waals surface area contributed by atoms with Crippen molar-refractivity contribution in [3.05, 3.63) is 182 Å². The van der Waals surface area contributed by atoms with Gasteiger partial charge in [-0.3, -0.25) is 0 Å². The van der Waals surface area contributed by atoms with E-state index in [4.69, 9.17) is 0 Å². The molecule has 0 bridgehead atoms. The Hall–Kier alpha value is -7.58. The van der Waals surface area contributed by atoms with Gasteiger partial charge in [0.25, 0.3) is 0 Å². The Kier molecular flexibility index (Phi) is 6.69. The highest BCUT2D eigenvalue weighted by molar-refractivity contribution is 6.10. The molecule has 11 rings (SSSR count). The molecule has 0 aliphatic carbocycles. The van der Waals surface area contributed by atoms with Crippen LogP contribution in [0.3, 0.4) is 0 Å². The minimum Gasteiger partial charge on any atom is -0.309 e. The van der Waals surface area contributed by atoms with Gasteiger partial charge in [-0.2, -0.15) is 0 Å². The average molecular weight is 695 g/mol. The lowest BCUT2D eigenvalue weighted by Gasteiger charge is -2.08. The molecule has 0 saturated carbocycles. The van der Waals surface area contributed by atoms with Gasteiger partial charge < -0.3 is 9.13 Å². The first-order valence-corrected chi connectivity index (χ1v) is 17.9. The van der Waals surface area contributed by atoms with Crippen molar-refractivity contribution in [1.82, 2.24) is 39.1 Å². The van der Waals surface area contributed by atoms with E-state index < -0.39 is 0 Å². The first-order chi connectivity index (χ1) is 26.8. The van der Waals surface area contributed by atoms with Gasteiger partial charge in [0.05, 0.1) is 45.8 Å². The zero-order valence-electron chi connectivity index (χ0n) is 28.9. The topological polar surface area (TPSA) is 71.3 Å². The predicted molar refractivity (Wildman–Crippen MR) is 216 cm³/mol. The molecule has 54 heavy (non-hydrogen) atoms. The molecule has 0 amide bonds. The third-order valence-electron chi connectivity index (χ3n) is 10.4. The monoisotopic (exact) mass is 694 g/mol. The Morgan fingerprint density at radius 3 is 0.926 bits per heavy atom. The van der Waals surface area contributed by atoms with Crippen LogP contribution in [0.5, 0.6) is 0 Å². The molecule has 11 aromatic rings. The highest BCUT2D eigenvalue weighted by atomic mass is 15.4. The Balaban J connectivity index is 0.825. The molecule has 0 N–H and O–H groups in total. The second kappa shape index (κ2) is 12.0. The fourth-order valence-corrected chi connectivity index (χ4v) is 7.77. The SMILES string of the molecule is c1ccc2c(c1)c1ccccc1n2-c1ccc(-c2cn(-c3ccc(-n4cc(-c5ccc(-n6c7ccccc7c7ccccc76)cc5)nn4)cc3)nn2)cc1. The number of fused-ring (bicyclic) bond motifs is 6. The molecule has 0 spiro atoms. The van der Waals surface area contributed by atoms with E-state index in [-0.39, 0.29) is 0 Å². The molecule has 0 saturated heterocycles. The summed E-state index contributed by atoms with van der Waals surface area (Å²) >= 11 is 0. The molecule has 8 heteroatoms. The third-order valence-corrected chi connectivity index (χ3v) is 10.4. The molecule has 0 aliphatic rings. The Labute approximate surface area is 309 Å². The van der Waals surface area contributed by atoms with Gasteiger partial charge in [-0.15, -0.1) is 10.2 Å². The standard InChI is InChI=1S/C46H30N8/c1-5-13-43-37(9-1)38-10-2-6-14-44(38)53(43)35-21-17-31(18-22-35)41-29-51(49-47-41)33-25-27-34(28-26-33)52-30-42(48-50-52)32-19-23-36(24-20-32)54-45-15-7-3-11-39(45)40-12-4-8-16-46(40)54/h1-30H. The average Bonchev–Trinajstić information content (AvgIpc) is 4.05. The minimum atomic E-state index is 0.804. The van der Waals surface area contributed by atoms with Crippen molar-refractivity contribution >= 4 is 43.6 Å². The number of aromatic nitrogens is 8. The van der Waals surface area contributed by atoms with Crippen molar-refractivity contribution in [3.63, 3.8) is 0 Å². The number of hydrogen-bond donors (Lipinski definition) is 0. The van der Waals surface area contributed by atoms with Crippen LogP contribution >= 0.6 is 0 Å². The van der Waals surface area contributed by atoms with Gasteiger partial charge in [-0.25, -0.2) is 9.36 Å². The summed E-state index contributed by atoms with van der Waals surface area (Å²) in [4.78, 5) is 0. The number of rotatable bonds is 6. The lowest BCUT2D eigenvalue weighted by atomic mass is 10.1. The number of hydrogen-bond acceptors (Lipinski definition) is 4. The van der Waals surface area contributed by atoms with Crippen molar-refractivity contribution in [3.8, 4) is 45.3 Å². The second-order valence-electron chi connectivity index (χ2n) is 13.4. The summed E-state index contributed by atoms with van der Waals surface area (Å²) in [5.41, 5.74) is 12.4. The van der Waals surface area contributed by atoms with E-state index >= 15 is 0 Å². The molecular weight excluding hydrogens is 665 g/mol. The van der Waals surface area contributed by atoms with Crippen LogP contribution in [0.2, 0.25) is 0 Å². The van der Waals surface area contributed by atoms with E-state index in [9.17, 15) is 0 Å². The van der Waals surface area contributed by atoms with E-state index in [1.54, 1.807) is 9.36 Å². The molecule has 8 nitrogen and oxygen atoms in total. The zero-order chi connectivity index (χ0) is 35.6. The molecule has 254 valence electrons. The molecular formula is C46H30N8. The Morgan fingerprint density at radius 2 is 0.593 bits per heavy atom. The Morgan fingerprint density at radius 1 is 0.296 bits per heavy atom. The van der Waals surface area contributed by atoms with Gasteiger partial charge in [0.2, 0.25) is 0 Å². The first kappa shape index (κ1) is 30.1. The predicted octanol–water partition coefficient (Wildman–Crippen LogP) is 10.4. The van der Waals surface area contributed by atoms with Crippen molar-refractivity contribution in [2.24, 2.45) is 0 Å². The summed E-state index contributed by atoms with van der Waals surface area (Å²) in [7, 11) is 0. The summed E-state index contributed by atoms with van der Waals surface area (Å²) in [6.07, 6.45) is 3.92. The quantitative estimate of drug-likeness (QED) is 0.174. The summed E-state index contributed by atoms with van der Waals surface area (Å²) < 4.78 is 8.22. The van der Waals surface area contributed by atoms with Crippen LogP contribution in [-0.2, 0) is 0 Å². The highest BCUT2D eigenvalue weighted by Gasteiger charge is 2.14. The smallest absolute Gasteiger partial charge is 0.113 e. The molecule has 4 aromatic heterocycles. The zero-order valence-corrected chi connectivity index (χ0v) is 28.9. The van der Waals surface area contributed by atoms with Crippen LogP contribution in [0.1, 0.15) is 0 Å². The summed E-state index contributed by atoms with van der Waals surface area (Å²) in [5.74, 6) is 0. The van der Waals surface area contributed by atoms with Gasteiger partial charge in [0.1, 0.15) is 11.4 Å². The van der Waals surface area contributed by atoms with Crippen molar-refractivity contribution < 1.29 is 0 Å². The summed E-state index contributed by atoms with van der Waals surface area (Å²) in [6.45, 7) is 0. The second-order valence-corrected chi connectivity index (χ2v) is 13.4. The van der Waals surface area contributed by atoms with Gasteiger partial charge in [-0.1, -0.05) is 107 Å². The fourth-order valence-electron chi connectivity index (χ4n) is 7.77. The number of benzene rings is 7. The third kappa shape index (κ3) is 4.78. The lowest BCUT2D eigenvalue weighted by Crippen LogP contribution is -1.98. The van der Waals surface area contributed by atoms with Gasteiger partial charge in [0.15, 0.2) is 0 Å². The highest BCUT2D eigenvalue weighted by Crippen LogP contribution is 2.34. The normalized spacial score (nSPS) is 11.7. The summed E-state index contributed by atoms with van der Waals surface area (Å²) in [5, 5.41) is 22.9. The van der Waals surface area contributed by atoms with Crippen LogP contribution < -0.4 is 0 Å². The molecule has 0 fully saturated rings. The van der Waals surface area contributed by atoms with Crippen molar-refractivity contribution in [1.29, 1.82) is 0 Å². The van der Waals surface area contributed by atoms with E-state index in [1.165, 1.54) is 43.6 Å². The van der Waals surface area contributed by atoms with Gasteiger partial charge >= 0.3 is 0 Å². The lowest BCUT2D eigenvalue weighted by molar-refractivity contribution is 0.792. The number of para-hydroxylation sites is 4. The Bertz CT molecular complexity index is 2820. The van der Waals surface area contributed by atoms with Crippen LogP contribution in [0, 0.1) is 0 Å². The van der Waals surface area contributed by atoms with Gasteiger partial charge in [-0.05, 0) is 72.8 Å². The van der Waals surface area contributed by atoms with Crippen molar-refractivity contribution in [2.45, 2.75) is 0 Å². The molecule has 4 heterocycles. The van der Waals surface area contributed by atoms with Crippen LogP contribution in [0.15, 0.2) is 182 Å². The van der Waals surface area contributed by atoms with E-state index in [0.29, 0.717) is 0 Å². The van der Waals surface area contributed by atoms with Gasteiger partial charge in [0, 0.05) is 44.0 Å².